The number of hydrogen-bond acceptors (Lipinski definition) is 3. The number of rotatable bonds is 3. The number of fused-ring (bicyclic) bond motifs is 1. The van der Waals surface area contributed by atoms with Crippen LogP contribution in [0.5, 0.6) is 0 Å². The normalized spacial score (nSPS) is 18.2. The minimum absolute atomic E-state index is 0.106. The van der Waals surface area contributed by atoms with Gasteiger partial charge in [0.25, 0.3) is 10.0 Å². The van der Waals surface area contributed by atoms with Crippen molar-refractivity contribution in [3.8, 4) is 0 Å². The van der Waals surface area contributed by atoms with E-state index >= 15 is 0 Å². The van der Waals surface area contributed by atoms with Crippen LogP contribution >= 0.6 is 38.9 Å². The van der Waals surface area contributed by atoms with Crippen molar-refractivity contribution in [2.45, 2.75) is 23.1 Å². The van der Waals surface area contributed by atoms with Crippen molar-refractivity contribution < 1.29 is 8.42 Å². The van der Waals surface area contributed by atoms with Crippen LogP contribution in [0, 0.1) is 0 Å². The lowest BCUT2D eigenvalue weighted by atomic mass is 10.1. The van der Waals surface area contributed by atoms with Gasteiger partial charge in [-0.25, -0.2) is 8.42 Å². The van der Waals surface area contributed by atoms with Gasteiger partial charge in [0, 0.05) is 7.05 Å². The number of thiophene rings is 1. The molecule has 0 fully saturated rings. The molecular formula is C14H13BrClNO2S2. The molecule has 1 aromatic carbocycles. The van der Waals surface area contributed by atoms with Crippen LogP contribution in [0.2, 0.25) is 5.02 Å². The Hall–Kier alpha value is -0.400. The topological polar surface area (TPSA) is 37.4 Å². The highest BCUT2D eigenvalue weighted by atomic mass is 79.9. The molecule has 0 amide bonds. The zero-order valence-corrected chi connectivity index (χ0v) is 15.2. The molecule has 0 saturated carbocycles. The minimum Gasteiger partial charge on any atom is -0.206 e. The first-order valence-electron chi connectivity index (χ1n) is 6.42. The van der Waals surface area contributed by atoms with E-state index in [0.29, 0.717) is 8.81 Å². The molecule has 0 bridgehead atoms. The Kier molecular flexibility index (Phi) is 4.18. The minimum atomic E-state index is -3.53. The monoisotopic (exact) mass is 405 g/mol. The van der Waals surface area contributed by atoms with E-state index in [-0.39, 0.29) is 10.3 Å². The van der Waals surface area contributed by atoms with Gasteiger partial charge in [-0.2, -0.15) is 4.31 Å². The molecule has 1 aliphatic rings. The Balaban J connectivity index is 1.97. The molecule has 0 spiro atoms. The van der Waals surface area contributed by atoms with E-state index in [4.69, 9.17) is 11.6 Å². The van der Waals surface area contributed by atoms with Crippen LogP contribution in [0.1, 0.15) is 23.6 Å². The lowest BCUT2D eigenvalue weighted by Crippen LogP contribution is -2.29. The molecule has 112 valence electrons. The number of sulfonamides is 1. The van der Waals surface area contributed by atoms with Crippen LogP contribution in [-0.4, -0.2) is 19.8 Å². The SMILES string of the molecule is CN(C1CCc2ccccc21)S(=O)(=O)c1cc(Cl)c(Br)s1. The second-order valence-electron chi connectivity index (χ2n) is 4.96. The van der Waals surface area contributed by atoms with Gasteiger partial charge in [0.15, 0.2) is 0 Å². The van der Waals surface area contributed by atoms with E-state index in [0.717, 1.165) is 29.7 Å². The Bertz CT molecular complexity index is 769. The van der Waals surface area contributed by atoms with Crippen molar-refractivity contribution in [1.82, 2.24) is 4.31 Å². The molecule has 1 aromatic heterocycles. The Morgan fingerprint density at radius 2 is 2.10 bits per heavy atom. The molecule has 1 unspecified atom stereocenters. The van der Waals surface area contributed by atoms with Crippen molar-refractivity contribution in [1.29, 1.82) is 0 Å². The van der Waals surface area contributed by atoms with Gasteiger partial charge in [-0.3, -0.25) is 0 Å². The summed E-state index contributed by atoms with van der Waals surface area (Å²) in [4.78, 5) is 0. The highest BCUT2D eigenvalue weighted by Gasteiger charge is 2.34. The fraction of sp³-hybridized carbons (Fsp3) is 0.286. The van der Waals surface area contributed by atoms with E-state index in [2.05, 4.69) is 22.0 Å². The molecule has 2 aromatic rings. The molecule has 7 heteroatoms. The highest BCUT2D eigenvalue weighted by molar-refractivity contribution is 9.11. The van der Waals surface area contributed by atoms with Crippen molar-refractivity contribution in [3.05, 3.63) is 50.3 Å². The predicted molar refractivity (Wildman–Crippen MR) is 89.5 cm³/mol. The highest BCUT2D eigenvalue weighted by Crippen LogP contribution is 2.41. The van der Waals surface area contributed by atoms with Crippen LogP contribution in [0.3, 0.4) is 0 Å². The van der Waals surface area contributed by atoms with E-state index in [9.17, 15) is 8.42 Å². The third-order valence-electron chi connectivity index (χ3n) is 3.80. The van der Waals surface area contributed by atoms with Crippen LogP contribution < -0.4 is 0 Å². The molecule has 21 heavy (non-hydrogen) atoms. The molecule has 0 aliphatic heterocycles. The molecular weight excluding hydrogens is 394 g/mol. The Labute approximate surface area is 141 Å². The summed E-state index contributed by atoms with van der Waals surface area (Å²) in [6, 6.07) is 9.42. The second-order valence-corrected chi connectivity index (χ2v) is 9.96. The molecule has 0 saturated heterocycles. The Morgan fingerprint density at radius 3 is 2.76 bits per heavy atom. The summed E-state index contributed by atoms with van der Waals surface area (Å²) < 4.78 is 27.9. The van der Waals surface area contributed by atoms with Crippen LogP contribution in [-0.2, 0) is 16.4 Å². The third-order valence-corrected chi connectivity index (χ3v) is 8.59. The second kappa shape index (κ2) is 5.66. The van der Waals surface area contributed by atoms with Crippen molar-refractivity contribution >= 4 is 48.9 Å². The van der Waals surface area contributed by atoms with Crippen LogP contribution in [0.15, 0.2) is 38.3 Å². The summed E-state index contributed by atoms with van der Waals surface area (Å²) in [5, 5.41) is 0.429. The van der Waals surface area contributed by atoms with Gasteiger partial charge in [0.1, 0.15) is 4.21 Å². The van der Waals surface area contributed by atoms with Crippen LogP contribution in [0.4, 0.5) is 0 Å². The van der Waals surface area contributed by atoms with E-state index in [1.807, 2.05) is 18.2 Å². The van der Waals surface area contributed by atoms with E-state index < -0.39 is 10.0 Å². The predicted octanol–water partition coefficient (Wildman–Crippen LogP) is 4.47. The van der Waals surface area contributed by atoms with Gasteiger partial charge < -0.3 is 0 Å². The van der Waals surface area contributed by atoms with Crippen molar-refractivity contribution in [2.24, 2.45) is 0 Å². The van der Waals surface area contributed by atoms with Gasteiger partial charge in [0.05, 0.1) is 14.9 Å². The molecule has 0 N–H and O–H groups in total. The quantitative estimate of drug-likeness (QED) is 0.754. The summed E-state index contributed by atoms with van der Waals surface area (Å²) in [7, 11) is -1.89. The molecule has 1 heterocycles. The van der Waals surface area contributed by atoms with E-state index in [1.165, 1.54) is 15.9 Å². The molecule has 3 nitrogen and oxygen atoms in total. The number of benzene rings is 1. The summed E-state index contributed by atoms with van der Waals surface area (Å²) in [5.41, 5.74) is 2.33. The molecule has 3 rings (SSSR count). The summed E-state index contributed by atoms with van der Waals surface area (Å²) in [6.45, 7) is 0. The zero-order chi connectivity index (χ0) is 15.2. The van der Waals surface area contributed by atoms with Gasteiger partial charge in [-0.15, -0.1) is 11.3 Å². The maximum Gasteiger partial charge on any atom is 0.252 e. The lowest BCUT2D eigenvalue weighted by Gasteiger charge is -2.24. The van der Waals surface area contributed by atoms with Crippen molar-refractivity contribution in [2.75, 3.05) is 7.05 Å². The Morgan fingerprint density at radius 1 is 1.38 bits per heavy atom. The van der Waals surface area contributed by atoms with Crippen LogP contribution in [0.25, 0.3) is 0 Å². The molecule has 1 atom stereocenters. The summed E-state index contributed by atoms with van der Waals surface area (Å²) in [5.74, 6) is 0. The number of hydrogen-bond donors (Lipinski definition) is 0. The van der Waals surface area contributed by atoms with Gasteiger partial charge in [0.2, 0.25) is 0 Å². The zero-order valence-electron chi connectivity index (χ0n) is 11.2. The summed E-state index contributed by atoms with van der Waals surface area (Å²) in [6.07, 6.45) is 1.73. The largest absolute Gasteiger partial charge is 0.252 e. The standard InChI is InChI=1S/C14H13BrClNO2S2/c1-17(12-7-6-9-4-2-3-5-10(9)12)21(18,19)13-8-11(16)14(15)20-13/h2-5,8,12H,6-7H2,1H3. The van der Waals surface area contributed by atoms with Gasteiger partial charge >= 0.3 is 0 Å². The maximum atomic E-state index is 12.8. The van der Waals surface area contributed by atoms with Gasteiger partial charge in [-0.1, -0.05) is 35.9 Å². The molecule has 0 radical (unpaired) electrons. The lowest BCUT2D eigenvalue weighted by molar-refractivity contribution is 0.375. The number of halogens is 2. The fourth-order valence-corrected chi connectivity index (χ4v) is 6.63. The number of aryl methyl sites for hydroxylation is 1. The number of nitrogens with zero attached hydrogens (tertiary/aromatic N) is 1. The first kappa shape index (κ1) is 15.5. The maximum absolute atomic E-state index is 12.8. The fourth-order valence-electron chi connectivity index (χ4n) is 2.68. The first-order valence-corrected chi connectivity index (χ1v) is 9.84. The van der Waals surface area contributed by atoms with Gasteiger partial charge in [-0.05, 0) is 46.0 Å². The van der Waals surface area contributed by atoms with E-state index in [1.54, 1.807) is 7.05 Å². The first-order chi connectivity index (χ1) is 9.91. The third kappa shape index (κ3) is 2.68. The molecule has 1 aliphatic carbocycles. The average Bonchev–Trinajstić information content (AvgIpc) is 3.03. The van der Waals surface area contributed by atoms with Crippen molar-refractivity contribution in [3.63, 3.8) is 0 Å². The smallest absolute Gasteiger partial charge is 0.206 e. The summed E-state index contributed by atoms with van der Waals surface area (Å²) >= 11 is 10.4. The average molecular weight is 407 g/mol.